The van der Waals surface area contributed by atoms with E-state index in [1.807, 2.05) is 0 Å². The van der Waals surface area contributed by atoms with Gasteiger partial charge >= 0.3 is 0 Å². The minimum atomic E-state index is 0.391. The first-order chi connectivity index (χ1) is 8.04. The van der Waals surface area contributed by atoms with Crippen molar-refractivity contribution < 1.29 is 4.74 Å². The number of hydrogen-bond donors (Lipinski definition) is 0. The summed E-state index contributed by atoms with van der Waals surface area (Å²) in [6.45, 7) is 7.08. The molecule has 0 heterocycles. The molecule has 1 aromatic rings. The van der Waals surface area contributed by atoms with Crippen LogP contribution in [0.3, 0.4) is 0 Å². The number of ether oxygens (including phenoxy) is 1. The number of alkyl halides is 1. The summed E-state index contributed by atoms with van der Waals surface area (Å²) in [4.78, 5) is 2.72. The van der Waals surface area contributed by atoms with Gasteiger partial charge in [-0.05, 0) is 37.6 Å². The molecule has 0 spiro atoms. The van der Waals surface area contributed by atoms with E-state index in [-0.39, 0.29) is 0 Å². The van der Waals surface area contributed by atoms with Crippen LogP contribution in [-0.4, -0.2) is 37.0 Å². The fourth-order valence-electron chi connectivity index (χ4n) is 2.00. The minimum absolute atomic E-state index is 0.391. The lowest BCUT2D eigenvalue weighted by atomic mass is 10.0. The van der Waals surface area contributed by atoms with E-state index < -0.39 is 0 Å². The average molecular weight is 300 g/mol. The van der Waals surface area contributed by atoms with E-state index in [2.05, 4.69) is 59.9 Å². The van der Waals surface area contributed by atoms with E-state index in [4.69, 9.17) is 4.74 Å². The zero-order valence-electron chi connectivity index (χ0n) is 11.2. The lowest BCUT2D eigenvalue weighted by Crippen LogP contribution is -2.28. The highest BCUT2D eigenvalue weighted by Gasteiger charge is 2.10. The molecule has 1 rings (SSSR count). The summed E-state index contributed by atoms with van der Waals surface area (Å²) in [5.41, 5.74) is 4.18. The number of benzene rings is 1. The predicted molar refractivity (Wildman–Crippen MR) is 76.8 cm³/mol. The number of aryl methyl sites for hydroxylation is 2. The van der Waals surface area contributed by atoms with Crippen molar-refractivity contribution in [3.63, 3.8) is 0 Å². The summed E-state index contributed by atoms with van der Waals surface area (Å²) in [5, 5.41) is 0. The first kappa shape index (κ1) is 14.7. The van der Waals surface area contributed by atoms with Crippen molar-refractivity contribution in [3.8, 4) is 0 Å². The molecule has 1 aromatic carbocycles. The Balaban J connectivity index is 2.59. The summed E-state index contributed by atoms with van der Waals surface area (Å²) >= 11 is 3.62. The van der Waals surface area contributed by atoms with Gasteiger partial charge in [-0.1, -0.05) is 34.1 Å². The molecular formula is C14H22BrNO. The second-order valence-electron chi connectivity index (χ2n) is 4.62. The molecule has 0 radical (unpaired) electrons. The summed E-state index contributed by atoms with van der Waals surface area (Å²) in [5.74, 6) is 0. The van der Waals surface area contributed by atoms with E-state index in [1.165, 1.54) is 16.7 Å². The fraction of sp³-hybridized carbons (Fsp3) is 0.571. The highest BCUT2D eigenvalue weighted by molar-refractivity contribution is 9.09. The van der Waals surface area contributed by atoms with Gasteiger partial charge in [0.15, 0.2) is 0 Å². The molecule has 0 amide bonds. The molecule has 0 aromatic heterocycles. The van der Waals surface area contributed by atoms with Crippen molar-refractivity contribution in [2.24, 2.45) is 0 Å². The zero-order valence-corrected chi connectivity index (χ0v) is 12.8. The Morgan fingerprint density at radius 1 is 1.29 bits per heavy atom. The second-order valence-corrected chi connectivity index (χ2v) is 5.91. The Labute approximate surface area is 113 Å². The summed E-state index contributed by atoms with van der Waals surface area (Å²) < 4.78 is 5.13. The van der Waals surface area contributed by atoms with Gasteiger partial charge in [0.25, 0.3) is 0 Å². The van der Waals surface area contributed by atoms with Crippen LogP contribution in [-0.2, 0) is 11.3 Å². The van der Waals surface area contributed by atoms with Gasteiger partial charge in [-0.3, -0.25) is 0 Å². The van der Waals surface area contributed by atoms with Crippen molar-refractivity contribution in [2.45, 2.75) is 25.2 Å². The third-order valence-electron chi connectivity index (χ3n) is 2.93. The molecule has 96 valence electrons. The SMILES string of the molecule is COCC(Br)CN(C)Cc1c(C)cccc1C. The standard InChI is InChI=1S/C14H22BrNO/c1-11-6-5-7-12(2)14(11)9-16(3)8-13(15)10-17-4/h5-7,13H,8-10H2,1-4H3. The van der Waals surface area contributed by atoms with Crippen molar-refractivity contribution >= 4 is 15.9 Å². The molecule has 1 atom stereocenters. The average Bonchev–Trinajstić information content (AvgIpc) is 2.24. The van der Waals surface area contributed by atoms with E-state index in [9.17, 15) is 0 Å². The lowest BCUT2D eigenvalue weighted by molar-refractivity contribution is 0.185. The third-order valence-corrected chi connectivity index (χ3v) is 3.48. The quantitative estimate of drug-likeness (QED) is 0.748. The topological polar surface area (TPSA) is 12.5 Å². The first-order valence-corrected chi connectivity index (χ1v) is 6.82. The van der Waals surface area contributed by atoms with Gasteiger partial charge in [0.2, 0.25) is 0 Å². The molecule has 0 saturated carbocycles. The van der Waals surface area contributed by atoms with Gasteiger partial charge in [0.1, 0.15) is 0 Å². The van der Waals surface area contributed by atoms with E-state index in [1.54, 1.807) is 7.11 Å². The maximum atomic E-state index is 5.13. The maximum absolute atomic E-state index is 5.13. The zero-order chi connectivity index (χ0) is 12.8. The normalized spacial score (nSPS) is 13.1. The predicted octanol–water partition coefficient (Wildman–Crippen LogP) is 3.15. The highest BCUT2D eigenvalue weighted by atomic mass is 79.9. The molecule has 0 saturated heterocycles. The van der Waals surface area contributed by atoms with Crippen LogP contribution in [0.25, 0.3) is 0 Å². The van der Waals surface area contributed by atoms with Crippen molar-refractivity contribution in [1.82, 2.24) is 4.90 Å². The van der Waals surface area contributed by atoms with Crippen LogP contribution >= 0.6 is 15.9 Å². The van der Waals surface area contributed by atoms with Crippen LogP contribution in [0.15, 0.2) is 18.2 Å². The van der Waals surface area contributed by atoms with Gasteiger partial charge in [-0.15, -0.1) is 0 Å². The molecule has 2 nitrogen and oxygen atoms in total. The van der Waals surface area contributed by atoms with Crippen LogP contribution < -0.4 is 0 Å². The molecular weight excluding hydrogens is 278 g/mol. The van der Waals surface area contributed by atoms with Crippen molar-refractivity contribution in [2.75, 3.05) is 27.3 Å². The number of halogens is 1. The van der Waals surface area contributed by atoms with E-state index in [0.29, 0.717) is 4.83 Å². The number of nitrogens with zero attached hydrogens (tertiary/aromatic N) is 1. The van der Waals surface area contributed by atoms with Gasteiger partial charge in [-0.25, -0.2) is 0 Å². The highest BCUT2D eigenvalue weighted by Crippen LogP contribution is 2.15. The second kappa shape index (κ2) is 7.14. The Bertz CT molecular complexity index is 334. The number of rotatable bonds is 6. The van der Waals surface area contributed by atoms with Crippen LogP contribution in [0.2, 0.25) is 0 Å². The molecule has 0 aliphatic rings. The molecule has 0 aliphatic carbocycles. The Hall–Kier alpha value is -0.380. The summed E-state index contributed by atoms with van der Waals surface area (Å²) in [6, 6.07) is 6.47. The van der Waals surface area contributed by atoms with Crippen LogP contribution in [0.1, 0.15) is 16.7 Å². The van der Waals surface area contributed by atoms with E-state index >= 15 is 0 Å². The van der Waals surface area contributed by atoms with Crippen LogP contribution in [0.4, 0.5) is 0 Å². The summed E-state index contributed by atoms with van der Waals surface area (Å²) in [6.07, 6.45) is 0. The molecule has 0 bridgehead atoms. The number of hydrogen-bond acceptors (Lipinski definition) is 2. The molecule has 0 N–H and O–H groups in total. The van der Waals surface area contributed by atoms with Gasteiger partial charge in [0, 0.05) is 20.2 Å². The third kappa shape index (κ3) is 4.78. The van der Waals surface area contributed by atoms with Crippen molar-refractivity contribution in [1.29, 1.82) is 0 Å². The van der Waals surface area contributed by atoms with Crippen molar-refractivity contribution in [3.05, 3.63) is 34.9 Å². The minimum Gasteiger partial charge on any atom is -0.383 e. The first-order valence-electron chi connectivity index (χ1n) is 5.91. The van der Waals surface area contributed by atoms with Crippen LogP contribution in [0.5, 0.6) is 0 Å². The van der Waals surface area contributed by atoms with E-state index in [0.717, 1.165) is 19.7 Å². The Kier molecular flexibility index (Phi) is 6.17. The monoisotopic (exact) mass is 299 g/mol. The van der Waals surface area contributed by atoms with Gasteiger partial charge in [-0.2, -0.15) is 0 Å². The lowest BCUT2D eigenvalue weighted by Gasteiger charge is -2.22. The Morgan fingerprint density at radius 3 is 2.41 bits per heavy atom. The fourth-order valence-corrected chi connectivity index (χ4v) is 2.76. The molecule has 0 aliphatic heterocycles. The van der Waals surface area contributed by atoms with Gasteiger partial charge < -0.3 is 9.64 Å². The molecule has 17 heavy (non-hydrogen) atoms. The number of methoxy groups -OCH3 is 1. The summed E-state index contributed by atoms with van der Waals surface area (Å²) in [7, 11) is 3.88. The molecule has 0 fully saturated rings. The molecule has 1 unspecified atom stereocenters. The smallest absolute Gasteiger partial charge is 0.0600 e. The van der Waals surface area contributed by atoms with Gasteiger partial charge in [0.05, 0.1) is 11.4 Å². The van der Waals surface area contributed by atoms with Crippen LogP contribution in [0, 0.1) is 13.8 Å². The maximum Gasteiger partial charge on any atom is 0.0600 e. The largest absolute Gasteiger partial charge is 0.383 e. The molecule has 3 heteroatoms. The Morgan fingerprint density at radius 2 is 1.88 bits per heavy atom.